The van der Waals surface area contributed by atoms with Crippen molar-refractivity contribution in [2.45, 2.75) is 36.3 Å². The van der Waals surface area contributed by atoms with E-state index in [4.69, 9.17) is 11.6 Å². The quantitative estimate of drug-likeness (QED) is 0.738. The highest BCUT2D eigenvalue weighted by atomic mass is 35.5. The number of anilines is 1. The number of amides is 1. The van der Waals surface area contributed by atoms with E-state index >= 15 is 0 Å². The highest BCUT2D eigenvalue weighted by Crippen LogP contribution is 2.49. The van der Waals surface area contributed by atoms with E-state index in [1.807, 2.05) is 12.1 Å². The van der Waals surface area contributed by atoms with E-state index < -0.39 is 10.0 Å². The number of carbonyl (C=O) groups excluding carboxylic acids is 1. The number of carbonyl (C=O) groups is 1. The number of thiazole rings is 1. The molecule has 0 bridgehead atoms. The number of nitrogens with zero attached hydrogens (tertiary/aromatic N) is 3. The monoisotopic (exact) mass is 437 g/mol. The van der Waals surface area contributed by atoms with Gasteiger partial charge in [0.25, 0.3) is 5.91 Å². The maximum absolute atomic E-state index is 13.0. The zero-order chi connectivity index (χ0) is 19.5. The van der Waals surface area contributed by atoms with Crippen LogP contribution < -0.4 is 4.90 Å². The smallest absolute Gasteiger partial charge is 0.277 e. The molecule has 2 aliphatic heterocycles. The predicted molar refractivity (Wildman–Crippen MR) is 110 cm³/mol. The number of hydrogen-bond donors (Lipinski definition) is 0. The number of rotatable bonds is 3. The SMILES string of the molecule is O=C(c1cscn1)N1CC2(CCN(S(=O)(=O)C3CC3)CC2)c2cc(Cl)ccc21. The van der Waals surface area contributed by atoms with E-state index in [-0.39, 0.29) is 16.6 Å². The number of aromatic nitrogens is 1. The summed E-state index contributed by atoms with van der Waals surface area (Å²) in [6.45, 7) is 1.52. The molecule has 0 atom stereocenters. The van der Waals surface area contributed by atoms with Crippen molar-refractivity contribution in [3.05, 3.63) is 45.4 Å². The summed E-state index contributed by atoms with van der Waals surface area (Å²) in [6.07, 6.45) is 2.93. The number of fused-ring (bicyclic) bond motifs is 2. The minimum atomic E-state index is -3.17. The van der Waals surface area contributed by atoms with Gasteiger partial charge in [0.15, 0.2) is 0 Å². The van der Waals surface area contributed by atoms with Crippen molar-refractivity contribution >= 4 is 44.6 Å². The molecular weight excluding hydrogens is 418 g/mol. The van der Waals surface area contributed by atoms with Crippen molar-refractivity contribution in [1.82, 2.24) is 9.29 Å². The molecule has 1 spiro atoms. The molecule has 2 aromatic rings. The van der Waals surface area contributed by atoms with Crippen LogP contribution in [0.2, 0.25) is 5.02 Å². The lowest BCUT2D eigenvalue weighted by Gasteiger charge is -2.39. The van der Waals surface area contributed by atoms with Crippen molar-refractivity contribution < 1.29 is 13.2 Å². The molecule has 0 radical (unpaired) electrons. The van der Waals surface area contributed by atoms with Crippen LogP contribution in [-0.2, 0) is 15.4 Å². The maximum atomic E-state index is 13.0. The van der Waals surface area contributed by atoms with Gasteiger partial charge in [0, 0.05) is 41.1 Å². The third kappa shape index (κ3) is 2.89. The van der Waals surface area contributed by atoms with E-state index in [1.54, 1.807) is 26.2 Å². The van der Waals surface area contributed by atoms with Gasteiger partial charge in [-0.1, -0.05) is 11.6 Å². The summed E-state index contributed by atoms with van der Waals surface area (Å²) in [5.41, 5.74) is 3.74. The Kier molecular flexibility index (Phi) is 4.32. The van der Waals surface area contributed by atoms with E-state index in [2.05, 4.69) is 4.98 Å². The summed E-state index contributed by atoms with van der Waals surface area (Å²) < 4.78 is 26.9. The second-order valence-corrected chi connectivity index (χ2v) is 11.2. The lowest BCUT2D eigenvalue weighted by atomic mass is 9.75. The Labute approximate surface area is 173 Å². The van der Waals surface area contributed by atoms with Gasteiger partial charge in [-0.3, -0.25) is 4.79 Å². The normalized spacial score (nSPS) is 21.8. The Morgan fingerprint density at radius 1 is 1.25 bits per heavy atom. The van der Waals surface area contributed by atoms with Crippen molar-refractivity contribution in [3.8, 4) is 0 Å². The van der Waals surface area contributed by atoms with Crippen LogP contribution in [-0.4, -0.2) is 48.5 Å². The van der Waals surface area contributed by atoms with Crippen molar-refractivity contribution in [2.75, 3.05) is 24.5 Å². The molecule has 148 valence electrons. The first kappa shape index (κ1) is 18.5. The molecule has 28 heavy (non-hydrogen) atoms. The third-order valence-corrected chi connectivity index (χ3v) is 9.38. The Hall–Kier alpha value is -1.48. The van der Waals surface area contributed by atoms with Crippen molar-refractivity contribution in [3.63, 3.8) is 0 Å². The number of hydrogen-bond acceptors (Lipinski definition) is 5. The van der Waals surface area contributed by atoms with Gasteiger partial charge >= 0.3 is 0 Å². The van der Waals surface area contributed by atoms with Crippen LogP contribution in [0.15, 0.2) is 29.1 Å². The molecule has 0 N–H and O–H groups in total. The molecule has 1 saturated heterocycles. The van der Waals surface area contributed by atoms with E-state index in [1.165, 1.54) is 11.3 Å². The Morgan fingerprint density at radius 2 is 2.00 bits per heavy atom. The van der Waals surface area contributed by atoms with Crippen molar-refractivity contribution in [2.24, 2.45) is 0 Å². The third-order valence-electron chi connectivity index (χ3n) is 6.16. The van der Waals surface area contributed by atoms with Crippen molar-refractivity contribution in [1.29, 1.82) is 0 Å². The first-order valence-electron chi connectivity index (χ1n) is 9.40. The van der Waals surface area contributed by atoms with Gasteiger partial charge in [-0.25, -0.2) is 17.7 Å². The molecular formula is C19H20ClN3O3S2. The highest BCUT2D eigenvalue weighted by molar-refractivity contribution is 7.90. The number of sulfonamides is 1. The largest absolute Gasteiger partial charge is 0.306 e. The minimum Gasteiger partial charge on any atom is -0.306 e. The fraction of sp³-hybridized carbons (Fsp3) is 0.474. The summed E-state index contributed by atoms with van der Waals surface area (Å²) in [6, 6.07) is 5.63. The summed E-state index contributed by atoms with van der Waals surface area (Å²) >= 11 is 7.68. The average molecular weight is 438 g/mol. The Bertz CT molecular complexity index is 1030. The van der Waals surface area contributed by atoms with Crippen LogP contribution in [0.1, 0.15) is 41.7 Å². The van der Waals surface area contributed by atoms with E-state index in [0.717, 1.165) is 24.1 Å². The minimum absolute atomic E-state index is 0.116. The zero-order valence-electron chi connectivity index (χ0n) is 15.2. The molecule has 0 unspecified atom stereocenters. The molecule has 1 amide bonds. The lowest BCUT2D eigenvalue weighted by molar-refractivity contribution is 0.0977. The average Bonchev–Trinajstić information content (AvgIpc) is 3.34. The molecule has 9 heteroatoms. The topological polar surface area (TPSA) is 70.6 Å². The van der Waals surface area contributed by atoms with Gasteiger partial charge < -0.3 is 4.90 Å². The van der Waals surface area contributed by atoms with Crippen LogP contribution in [0.5, 0.6) is 0 Å². The second kappa shape index (κ2) is 6.52. The number of halogens is 1. The first-order chi connectivity index (χ1) is 13.4. The summed E-state index contributed by atoms with van der Waals surface area (Å²) in [4.78, 5) is 19.0. The lowest BCUT2D eigenvalue weighted by Crippen LogP contribution is -2.48. The summed E-state index contributed by atoms with van der Waals surface area (Å²) in [5, 5.41) is 2.21. The van der Waals surface area contributed by atoms with Crippen LogP contribution in [0.25, 0.3) is 0 Å². The van der Waals surface area contributed by atoms with Crippen LogP contribution in [0.4, 0.5) is 5.69 Å². The Balaban J connectivity index is 1.46. The van der Waals surface area contributed by atoms with Crippen LogP contribution >= 0.6 is 22.9 Å². The Morgan fingerprint density at radius 3 is 2.64 bits per heavy atom. The first-order valence-corrected chi connectivity index (χ1v) is 12.2. The predicted octanol–water partition coefficient (Wildman–Crippen LogP) is 3.28. The van der Waals surface area contributed by atoms with Crippen LogP contribution in [0.3, 0.4) is 0 Å². The zero-order valence-corrected chi connectivity index (χ0v) is 17.6. The molecule has 3 heterocycles. The van der Waals surface area contributed by atoms with Gasteiger partial charge in [0.05, 0.1) is 10.8 Å². The maximum Gasteiger partial charge on any atom is 0.277 e. The molecule has 3 aliphatic rings. The van der Waals surface area contributed by atoms with Gasteiger partial charge in [0.1, 0.15) is 5.69 Å². The summed E-state index contributed by atoms with van der Waals surface area (Å²) in [5.74, 6) is -0.116. The second-order valence-electron chi connectivity index (χ2n) is 7.85. The van der Waals surface area contributed by atoms with Gasteiger partial charge in [0.2, 0.25) is 10.0 Å². The molecule has 1 aromatic carbocycles. The molecule has 6 nitrogen and oxygen atoms in total. The van der Waals surface area contributed by atoms with Gasteiger partial charge in [-0.2, -0.15) is 0 Å². The molecule has 2 fully saturated rings. The van der Waals surface area contributed by atoms with Crippen LogP contribution in [0, 0.1) is 0 Å². The standard InChI is InChI=1S/C19H20ClN3O3S2/c20-13-1-4-17-15(9-13)19(11-23(17)18(24)16-10-27-12-21-16)5-7-22(8-6-19)28(25,26)14-2-3-14/h1,4,9-10,12,14H,2-3,5-8,11H2. The summed E-state index contributed by atoms with van der Waals surface area (Å²) in [7, 11) is -3.17. The van der Waals surface area contributed by atoms with Gasteiger partial charge in [-0.05, 0) is 49.4 Å². The number of piperidine rings is 1. The van der Waals surface area contributed by atoms with E-state index in [0.29, 0.717) is 43.2 Å². The number of benzene rings is 1. The van der Waals surface area contributed by atoms with E-state index in [9.17, 15) is 13.2 Å². The fourth-order valence-electron chi connectivity index (χ4n) is 4.45. The molecule has 1 aliphatic carbocycles. The molecule has 1 saturated carbocycles. The molecule has 5 rings (SSSR count). The fourth-order valence-corrected chi connectivity index (χ4v) is 6.99. The van der Waals surface area contributed by atoms with Gasteiger partial charge in [-0.15, -0.1) is 11.3 Å². The highest BCUT2D eigenvalue weighted by Gasteiger charge is 2.49. The molecule has 1 aromatic heterocycles.